The summed E-state index contributed by atoms with van der Waals surface area (Å²) in [5.41, 5.74) is 24.1. The van der Waals surface area contributed by atoms with E-state index in [4.69, 9.17) is 16.3 Å². The minimum atomic E-state index is -4.45. The van der Waals surface area contributed by atoms with Gasteiger partial charge >= 0.3 is 6.18 Å². The van der Waals surface area contributed by atoms with Gasteiger partial charge in [-0.25, -0.2) is 49.8 Å². The number of phenolic OH excluding ortho intramolecular Hbond substituents is 6. The number of nitrogens with zero attached hydrogens (tertiary/aromatic N) is 12. The quantitative estimate of drug-likeness (QED) is 0.0585. The predicted octanol–water partition coefficient (Wildman–Crippen LogP) is 27.9. The standard InChI is InChI=1S/C19H15F3N2O.C19H18N2O2.2C18H15BrN2O.C18H15ClN2O.C18H16N2O/c1-11-9-12(2)18(25)17-15(11)7-6-14(24-17)5-3-13-4-8-16(23-10-13)19(20,21)22;1-12-10-13(2)19(22)18-16(12)8-7-15(21-18)6-4-14-5-9-17(23-3)20-11-14;1-11-9-12(2)18(22)17-15(11)7-6-14(21-17)5-3-13-4-8-16(19)20-10-13;2*1-11-10-12(2)17(22)16-15(11)8-7-14(21-16)6-5-13-4-3-9-20-18(13)19;1-12-10-13(2)18(21)17-16(12)8-7-15(20-17)6-5-14-4-3-9-19-11-14/h3-10,25H,1-2H3;4-11,22H,1-3H3;3*3-10,22H,1-2H3;3-11,21H,1-2H3/b5-3+;6-4+;5-3+;3*6-5+. The van der Waals surface area contributed by atoms with Crippen molar-refractivity contribution >= 4 is 182 Å². The van der Waals surface area contributed by atoms with Gasteiger partial charge in [0.25, 0.3) is 0 Å². The van der Waals surface area contributed by atoms with Crippen molar-refractivity contribution in [3.8, 4) is 40.4 Å². The Hall–Kier alpha value is -15.2. The van der Waals surface area contributed by atoms with Crippen LogP contribution in [0.15, 0.2) is 235 Å². The molecule has 678 valence electrons. The van der Waals surface area contributed by atoms with Crippen LogP contribution in [0.4, 0.5) is 13.2 Å². The first-order valence-electron chi connectivity index (χ1n) is 42.6. The Labute approximate surface area is 801 Å². The van der Waals surface area contributed by atoms with Crippen LogP contribution in [-0.4, -0.2) is 97.6 Å². The Morgan fingerprint density at radius 3 is 0.874 bits per heavy atom. The van der Waals surface area contributed by atoms with Crippen LogP contribution in [0.3, 0.4) is 0 Å². The number of aromatic nitrogens is 12. The molecule has 6 N–H and O–H groups in total. The molecule has 25 heteroatoms. The van der Waals surface area contributed by atoms with E-state index in [1.54, 1.807) is 69.4 Å². The van der Waals surface area contributed by atoms with Crippen LogP contribution in [-0.2, 0) is 6.18 Å². The smallest absolute Gasteiger partial charge is 0.433 e. The van der Waals surface area contributed by atoms with Gasteiger partial charge in [0, 0.05) is 92.9 Å². The molecule has 0 radical (unpaired) electrons. The van der Waals surface area contributed by atoms with Crippen molar-refractivity contribution in [3.63, 3.8) is 0 Å². The second-order valence-electron chi connectivity index (χ2n) is 32.0. The van der Waals surface area contributed by atoms with E-state index in [2.05, 4.69) is 91.7 Å². The van der Waals surface area contributed by atoms with Crippen molar-refractivity contribution in [2.24, 2.45) is 0 Å². The zero-order valence-corrected chi connectivity index (χ0v) is 79.9. The van der Waals surface area contributed by atoms with Gasteiger partial charge < -0.3 is 35.4 Å². The van der Waals surface area contributed by atoms with Crippen molar-refractivity contribution in [3.05, 3.63) is 380 Å². The molecule has 19 nitrogen and oxygen atoms in total. The summed E-state index contributed by atoms with van der Waals surface area (Å²) in [4.78, 5) is 51.3. The molecule has 0 spiro atoms. The van der Waals surface area contributed by atoms with E-state index in [1.165, 1.54) is 6.07 Å². The first-order chi connectivity index (χ1) is 64.6. The largest absolute Gasteiger partial charge is 0.505 e. The van der Waals surface area contributed by atoms with Crippen molar-refractivity contribution in [2.45, 2.75) is 89.3 Å². The van der Waals surface area contributed by atoms with Crippen LogP contribution in [0, 0.1) is 83.1 Å². The lowest BCUT2D eigenvalue weighted by Gasteiger charge is -2.08. The number of pyridine rings is 12. The second-order valence-corrected chi connectivity index (χ2v) is 33.9. The fraction of sp³-hybridized carbons (Fsp3) is 0.127. The van der Waals surface area contributed by atoms with E-state index in [-0.39, 0.29) is 34.5 Å². The van der Waals surface area contributed by atoms with Crippen LogP contribution < -0.4 is 4.74 Å². The molecule has 18 aromatic rings. The third-order valence-electron chi connectivity index (χ3n) is 21.9. The van der Waals surface area contributed by atoms with Gasteiger partial charge in [0.05, 0.1) is 41.3 Å². The van der Waals surface area contributed by atoms with Crippen LogP contribution in [0.1, 0.15) is 140 Å². The lowest BCUT2D eigenvalue weighted by molar-refractivity contribution is -0.141. The highest BCUT2D eigenvalue weighted by Gasteiger charge is 2.32. The number of phenols is 6. The van der Waals surface area contributed by atoms with Crippen LogP contribution in [0.25, 0.3) is 138 Å². The number of aromatic hydroxyl groups is 6. The number of hydrogen-bond donors (Lipinski definition) is 6. The molecule has 0 aliphatic heterocycles. The number of fused-ring (bicyclic) bond motifs is 6. The highest BCUT2D eigenvalue weighted by Crippen LogP contribution is 2.38. The highest BCUT2D eigenvalue weighted by molar-refractivity contribution is 9.10. The van der Waals surface area contributed by atoms with Gasteiger partial charge in [0.2, 0.25) is 5.88 Å². The first kappa shape index (κ1) is 97.3. The average Bonchev–Trinajstić information content (AvgIpc) is 0.813. The maximum Gasteiger partial charge on any atom is 0.433 e. The number of ether oxygens (including phenoxy) is 1. The summed E-state index contributed by atoms with van der Waals surface area (Å²) in [6.45, 7) is 23.3. The summed E-state index contributed by atoms with van der Waals surface area (Å²) in [6.07, 6.45) is 29.6. The molecule has 18 rings (SSSR count). The Morgan fingerprint density at radius 2 is 0.593 bits per heavy atom. The number of hydrogen-bond acceptors (Lipinski definition) is 19. The molecule has 12 heterocycles. The summed E-state index contributed by atoms with van der Waals surface area (Å²) >= 11 is 12.8. The molecule has 12 aromatic heterocycles. The molecule has 0 unspecified atom stereocenters. The zero-order valence-electron chi connectivity index (χ0n) is 76.0. The molecular weight excluding hydrogens is 1850 g/mol. The topological polar surface area (TPSA) is 285 Å². The highest BCUT2D eigenvalue weighted by atomic mass is 79.9. The third kappa shape index (κ3) is 24.6. The molecule has 0 fully saturated rings. The number of benzene rings is 6. The predicted molar refractivity (Wildman–Crippen MR) is 548 cm³/mol. The van der Waals surface area contributed by atoms with E-state index in [9.17, 15) is 43.8 Å². The fourth-order valence-corrected chi connectivity index (χ4v) is 15.5. The van der Waals surface area contributed by atoms with Gasteiger partial charge in [0.1, 0.15) is 87.7 Å². The molecule has 0 bridgehead atoms. The maximum atomic E-state index is 12.5. The molecule has 6 aromatic carbocycles. The van der Waals surface area contributed by atoms with Crippen LogP contribution >= 0.6 is 43.5 Å². The number of halogens is 6. The summed E-state index contributed by atoms with van der Waals surface area (Å²) in [6, 6.07) is 56.4. The van der Waals surface area contributed by atoms with Crippen molar-refractivity contribution in [1.82, 2.24) is 59.8 Å². The average molecular weight is 1950 g/mol. The molecule has 0 saturated heterocycles. The van der Waals surface area contributed by atoms with E-state index in [0.29, 0.717) is 55.4 Å². The maximum absolute atomic E-state index is 12.5. The molecule has 0 atom stereocenters. The van der Waals surface area contributed by atoms with E-state index >= 15 is 0 Å². The molecule has 0 amide bonds. The zero-order chi connectivity index (χ0) is 96.5. The summed E-state index contributed by atoms with van der Waals surface area (Å²) in [5.74, 6) is 1.95. The lowest BCUT2D eigenvalue weighted by Crippen LogP contribution is -2.07. The Balaban J connectivity index is 0.000000137. The van der Waals surface area contributed by atoms with Gasteiger partial charge in [-0.2, -0.15) is 13.2 Å². The normalized spacial score (nSPS) is 11.5. The number of aryl methyl sites for hydroxylation is 12. The number of methoxy groups -OCH3 is 1. The Kier molecular flexibility index (Phi) is 31.6. The Bertz CT molecular complexity index is 7510. The number of alkyl halides is 3. The lowest BCUT2D eigenvalue weighted by atomic mass is 10.0. The van der Waals surface area contributed by atoms with Crippen LogP contribution in [0.5, 0.6) is 40.4 Å². The summed E-state index contributed by atoms with van der Waals surface area (Å²) in [7, 11) is 1.59. The first-order valence-corrected chi connectivity index (χ1v) is 44.6. The molecular formula is C110H94Br2ClF3N12O7. The third-order valence-corrected chi connectivity index (χ3v) is 23.4. The SMILES string of the molecule is COc1ccc(/C=C/c2ccc3c(C)cc(C)c(O)c3n2)cn1.Cc1cc(C)c2ccc(/C=C/c3ccc(Br)nc3)nc2c1O.Cc1cc(C)c2ccc(/C=C/c3ccc(C(F)(F)F)nc3)nc2c1O.Cc1cc(C)c2ccc(/C=C/c3cccnc3)nc2c1O.Cc1cc(C)c2ccc(/C=C/c3cccnc3Br)nc2c1O.Cc1cc(C)c2ccc(/C=C/c3cccnc3Cl)nc2c1O. The Morgan fingerprint density at radius 1 is 0.296 bits per heavy atom. The van der Waals surface area contributed by atoms with E-state index in [1.807, 2.05) is 301 Å². The van der Waals surface area contributed by atoms with Crippen LogP contribution in [0.2, 0.25) is 5.15 Å². The molecule has 135 heavy (non-hydrogen) atoms. The van der Waals surface area contributed by atoms with Gasteiger partial charge in [-0.1, -0.05) is 145 Å². The fourth-order valence-electron chi connectivity index (χ4n) is 14.7. The van der Waals surface area contributed by atoms with E-state index in [0.717, 1.165) is 177 Å². The van der Waals surface area contributed by atoms with Crippen molar-refractivity contribution in [2.75, 3.05) is 7.11 Å². The van der Waals surface area contributed by atoms with Gasteiger partial charge in [-0.05, 0) is 319 Å². The van der Waals surface area contributed by atoms with Crippen molar-refractivity contribution in [1.29, 1.82) is 0 Å². The summed E-state index contributed by atoms with van der Waals surface area (Å²) < 4.78 is 44.2. The van der Waals surface area contributed by atoms with E-state index < -0.39 is 11.9 Å². The number of rotatable bonds is 13. The van der Waals surface area contributed by atoms with Gasteiger partial charge in [0.15, 0.2) is 0 Å². The van der Waals surface area contributed by atoms with Gasteiger partial charge in [-0.15, -0.1) is 0 Å². The molecule has 0 saturated carbocycles. The van der Waals surface area contributed by atoms with Crippen molar-refractivity contribution < 1.29 is 48.5 Å². The minimum absolute atomic E-state index is 0.132. The molecule has 0 aliphatic carbocycles. The van der Waals surface area contributed by atoms with Gasteiger partial charge in [-0.3, -0.25) is 9.97 Å². The minimum Gasteiger partial charge on any atom is -0.505 e. The second kappa shape index (κ2) is 43.9. The summed E-state index contributed by atoms with van der Waals surface area (Å²) in [5, 5.41) is 67.5. The molecule has 0 aliphatic rings. The monoisotopic (exact) mass is 1940 g/mol.